The minimum atomic E-state index is 0.395. The van der Waals surface area contributed by atoms with Crippen molar-refractivity contribution in [2.45, 2.75) is 20.8 Å². The summed E-state index contributed by atoms with van der Waals surface area (Å²) in [5, 5.41) is 9.25. The van der Waals surface area contributed by atoms with Gasteiger partial charge in [-0.1, -0.05) is 18.2 Å². The zero-order valence-electron chi connectivity index (χ0n) is 7.18. The summed E-state index contributed by atoms with van der Waals surface area (Å²) in [5.41, 5.74) is 3.33. The first-order chi connectivity index (χ1) is 5.13. The molecular weight excluding hydrogens is 136 g/mol. The van der Waals surface area contributed by atoms with Crippen LogP contribution in [0.5, 0.6) is 0 Å². The van der Waals surface area contributed by atoms with Gasteiger partial charge in [0.2, 0.25) is 0 Å². The molecule has 0 atom stereocenters. The molecular formula is C10H13O. The van der Waals surface area contributed by atoms with Gasteiger partial charge in [0.25, 0.3) is 0 Å². The van der Waals surface area contributed by atoms with E-state index in [0.717, 1.165) is 11.1 Å². The Morgan fingerprint density at radius 3 is 2.36 bits per heavy atom. The number of hydrogen-bond donors (Lipinski definition) is 1. The van der Waals surface area contributed by atoms with E-state index in [0.29, 0.717) is 6.10 Å². The fourth-order valence-electron chi connectivity index (χ4n) is 1.14. The number of aliphatic hydroxyl groups excluding tert-OH is 1. The highest BCUT2D eigenvalue weighted by Crippen LogP contribution is 2.18. The standard InChI is InChI=1S/C10H13O/c1-7-5-4-6-10(8(7)2)9(3)11/h4-6,11H,1-3H3. The van der Waals surface area contributed by atoms with Crippen LogP contribution in [0.3, 0.4) is 0 Å². The second kappa shape index (κ2) is 3.05. The van der Waals surface area contributed by atoms with Gasteiger partial charge in [0.05, 0.1) is 0 Å². The van der Waals surface area contributed by atoms with Crippen LogP contribution in [-0.2, 0) is 0 Å². The lowest BCUT2D eigenvalue weighted by Crippen LogP contribution is -1.96. The van der Waals surface area contributed by atoms with Crippen LogP contribution in [0.2, 0.25) is 0 Å². The minimum Gasteiger partial charge on any atom is -0.382 e. The Balaban J connectivity index is 3.17. The van der Waals surface area contributed by atoms with Gasteiger partial charge in [0, 0.05) is 0 Å². The van der Waals surface area contributed by atoms with E-state index in [1.54, 1.807) is 6.92 Å². The second-order valence-corrected chi connectivity index (χ2v) is 2.83. The van der Waals surface area contributed by atoms with Crippen molar-refractivity contribution in [1.29, 1.82) is 0 Å². The Hall–Kier alpha value is -0.820. The third-order valence-electron chi connectivity index (χ3n) is 1.99. The molecule has 0 aliphatic heterocycles. The highest BCUT2D eigenvalue weighted by molar-refractivity contribution is 5.38. The molecule has 0 amide bonds. The van der Waals surface area contributed by atoms with Gasteiger partial charge >= 0.3 is 0 Å². The Kier molecular flexibility index (Phi) is 2.30. The van der Waals surface area contributed by atoms with Crippen molar-refractivity contribution in [3.05, 3.63) is 41.0 Å². The maximum atomic E-state index is 9.25. The molecule has 1 aromatic rings. The molecule has 1 radical (unpaired) electrons. The molecule has 1 N–H and O–H groups in total. The van der Waals surface area contributed by atoms with Crippen LogP contribution in [0.1, 0.15) is 23.6 Å². The van der Waals surface area contributed by atoms with Crippen LogP contribution in [0, 0.1) is 20.0 Å². The Labute approximate surface area is 67.7 Å². The van der Waals surface area contributed by atoms with Crippen LogP contribution < -0.4 is 0 Å². The van der Waals surface area contributed by atoms with Gasteiger partial charge in [-0.05, 0) is 37.5 Å². The van der Waals surface area contributed by atoms with Crippen molar-refractivity contribution in [3.63, 3.8) is 0 Å². The topological polar surface area (TPSA) is 20.2 Å². The van der Waals surface area contributed by atoms with Crippen LogP contribution >= 0.6 is 0 Å². The normalized spacial score (nSPS) is 10.6. The fourth-order valence-corrected chi connectivity index (χ4v) is 1.14. The van der Waals surface area contributed by atoms with Crippen LogP contribution in [0.15, 0.2) is 18.2 Å². The van der Waals surface area contributed by atoms with E-state index < -0.39 is 0 Å². The summed E-state index contributed by atoms with van der Waals surface area (Å²) in [6.07, 6.45) is 0.395. The van der Waals surface area contributed by atoms with Crippen molar-refractivity contribution in [3.8, 4) is 0 Å². The highest BCUT2D eigenvalue weighted by Gasteiger charge is 2.05. The van der Waals surface area contributed by atoms with Crippen molar-refractivity contribution in [2.75, 3.05) is 0 Å². The van der Waals surface area contributed by atoms with Gasteiger partial charge in [-0.3, -0.25) is 0 Å². The molecule has 0 fully saturated rings. The van der Waals surface area contributed by atoms with Crippen LogP contribution in [-0.4, -0.2) is 5.11 Å². The van der Waals surface area contributed by atoms with E-state index >= 15 is 0 Å². The molecule has 1 heteroatoms. The van der Waals surface area contributed by atoms with Crippen molar-refractivity contribution < 1.29 is 5.11 Å². The zero-order chi connectivity index (χ0) is 8.43. The number of aryl methyl sites for hydroxylation is 1. The Bertz CT molecular complexity index is 251. The molecule has 0 saturated heterocycles. The molecule has 0 spiro atoms. The van der Waals surface area contributed by atoms with E-state index in [-0.39, 0.29) is 0 Å². The van der Waals surface area contributed by atoms with Gasteiger partial charge in [-0.25, -0.2) is 0 Å². The molecule has 0 bridgehead atoms. The summed E-state index contributed by atoms with van der Waals surface area (Å²) in [6, 6.07) is 5.93. The Morgan fingerprint density at radius 1 is 1.27 bits per heavy atom. The van der Waals surface area contributed by atoms with Gasteiger partial charge in [-0.15, -0.1) is 0 Å². The molecule has 0 aliphatic rings. The summed E-state index contributed by atoms with van der Waals surface area (Å²) in [4.78, 5) is 0. The summed E-state index contributed by atoms with van der Waals surface area (Å²) in [6.45, 7) is 5.77. The molecule has 0 unspecified atom stereocenters. The maximum absolute atomic E-state index is 9.25. The maximum Gasteiger partial charge on any atom is 0.120 e. The summed E-state index contributed by atoms with van der Waals surface area (Å²) in [7, 11) is 0. The lowest BCUT2D eigenvalue weighted by atomic mass is 10.0. The number of aliphatic hydroxyl groups is 1. The predicted molar refractivity (Wildman–Crippen MR) is 45.9 cm³/mol. The van der Waals surface area contributed by atoms with Gasteiger partial charge in [-0.2, -0.15) is 0 Å². The monoisotopic (exact) mass is 149 g/mol. The molecule has 0 heterocycles. The molecule has 1 nitrogen and oxygen atoms in total. The molecule has 0 aromatic heterocycles. The predicted octanol–water partition coefficient (Wildman–Crippen LogP) is 2.58. The van der Waals surface area contributed by atoms with Crippen molar-refractivity contribution >= 4 is 0 Å². The molecule has 1 rings (SSSR count). The van der Waals surface area contributed by atoms with Gasteiger partial charge < -0.3 is 5.11 Å². The van der Waals surface area contributed by atoms with E-state index in [2.05, 4.69) is 0 Å². The molecule has 1 aromatic carbocycles. The lowest BCUT2D eigenvalue weighted by Gasteiger charge is -2.09. The number of hydrogen-bond acceptors (Lipinski definition) is 1. The highest BCUT2D eigenvalue weighted by atomic mass is 16.3. The average molecular weight is 149 g/mol. The third-order valence-corrected chi connectivity index (χ3v) is 1.99. The first-order valence-electron chi connectivity index (χ1n) is 3.72. The largest absolute Gasteiger partial charge is 0.382 e. The average Bonchev–Trinajstić information content (AvgIpc) is 1.94. The minimum absolute atomic E-state index is 0.395. The summed E-state index contributed by atoms with van der Waals surface area (Å²) in [5.74, 6) is 0. The van der Waals surface area contributed by atoms with E-state index in [1.807, 2.05) is 32.0 Å². The first kappa shape index (κ1) is 8.28. The van der Waals surface area contributed by atoms with Crippen LogP contribution in [0.25, 0.3) is 0 Å². The molecule has 0 aliphatic carbocycles. The van der Waals surface area contributed by atoms with E-state index in [4.69, 9.17) is 0 Å². The first-order valence-corrected chi connectivity index (χ1v) is 3.72. The van der Waals surface area contributed by atoms with Gasteiger partial charge in [0.1, 0.15) is 6.10 Å². The van der Waals surface area contributed by atoms with Gasteiger partial charge in [0.15, 0.2) is 0 Å². The molecule has 59 valence electrons. The fraction of sp³-hybridized carbons (Fsp3) is 0.300. The second-order valence-electron chi connectivity index (χ2n) is 2.83. The SMILES string of the molecule is C[C](O)c1cccc(C)c1C. The van der Waals surface area contributed by atoms with Crippen LogP contribution in [0.4, 0.5) is 0 Å². The molecule has 0 saturated carbocycles. The van der Waals surface area contributed by atoms with E-state index in [9.17, 15) is 5.11 Å². The quantitative estimate of drug-likeness (QED) is 0.650. The Morgan fingerprint density at radius 2 is 1.91 bits per heavy atom. The summed E-state index contributed by atoms with van der Waals surface area (Å²) < 4.78 is 0. The lowest BCUT2D eigenvalue weighted by molar-refractivity contribution is 0.340. The number of benzene rings is 1. The zero-order valence-corrected chi connectivity index (χ0v) is 7.18. The van der Waals surface area contributed by atoms with E-state index in [1.165, 1.54) is 5.56 Å². The van der Waals surface area contributed by atoms with Crippen molar-refractivity contribution in [1.82, 2.24) is 0 Å². The van der Waals surface area contributed by atoms with Crippen molar-refractivity contribution in [2.24, 2.45) is 0 Å². The number of rotatable bonds is 1. The summed E-state index contributed by atoms with van der Waals surface area (Å²) >= 11 is 0. The smallest absolute Gasteiger partial charge is 0.120 e. The molecule has 11 heavy (non-hydrogen) atoms. The third kappa shape index (κ3) is 1.60.